The third kappa shape index (κ3) is 8.77. The van der Waals surface area contributed by atoms with Crippen LogP contribution >= 0.6 is 0 Å². The van der Waals surface area contributed by atoms with Crippen LogP contribution in [0.15, 0.2) is 60.7 Å². The fourth-order valence-electron chi connectivity index (χ4n) is 3.41. The molecular formula is C25H32N4O7. The molecule has 0 aromatic heterocycles. The number of nitrogens with two attached hydrogens (primary N) is 1. The van der Waals surface area contributed by atoms with E-state index in [1.807, 2.05) is 6.07 Å². The van der Waals surface area contributed by atoms with Gasteiger partial charge in [0.1, 0.15) is 12.1 Å². The number of carboxylic acid groups (broad SMARTS) is 1. The number of carboxylic acids is 1. The largest absolute Gasteiger partial charge is 0.480 e. The SMILES string of the molecule is CC(O)C(NC(=O)C(Cc1ccccc1)NC(=O)C(CO)NC(=O)C(N)Cc1ccccc1)C(=O)O. The Balaban J connectivity index is 2.11. The van der Waals surface area contributed by atoms with Crippen LogP contribution in [-0.4, -0.2) is 75.9 Å². The smallest absolute Gasteiger partial charge is 0.328 e. The zero-order chi connectivity index (χ0) is 26.7. The number of hydrogen-bond acceptors (Lipinski definition) is 7. The summed E-state index contributed by atoms with van der Waals surface area (Å²) in [7, 11) is 0. The fourth-order valence-corrected chi connectivity index (χ4v) is 3.41. The first-order valence-corrected chi connectivity index (χ1v) is 11.4. The molecule has 2 aromatic rings. The van der Waals surface area contributed by atoms with E-state index in [-0.39, 0.29) is 12.8 Å². The minimum atomic E-state index is -1.60. The molecule has 5 unspecified atom stereocenters. The molecule has 0 spiro atoms. The number of nitrogens with one attached hydrogen (secondary N) is 3. The van der Waals surface area contributed by atoms with Crippen molar-refractivity contribution in [3.05, 3.63) is 71.8 Å². The summed E-state index contributed by atoms with van der Waals surface area (Å²) in [5.74, 6) is -3.84. The number of rotatable bonds is 13. The number of aliphatic carboxylic acids is 1. The maximum atomic E-state index is 12.9. The monoisotopic (exact) mass is 500 g/mol. The van der Waals surface area contributed by atoms with Crippen LogP contribution in [0.2, 0.25) is 0 Å². The van der Waals surface area contributed by atoms with Crippen molar-refractivity contribution in [2.24, 2.45) is 5.73 Å². The highest BCUT2D eigenvalue weighted by molar-refractivity contribution is 5.94. The number of hydrogen-bond donors (Lipinski definition) is 7. The van der Waals surface area contributed by atoms with E-state index < -0.39 is 60.6 Å². The minimum Gasteiger partial charge on any atom is -0.480 e. The van der Waals surface area contributed by atoms with Gasteiger partial charge in [0.05, 0.1) is 18.8 Å². The molecule has 11 heteroatoms. The Hall–Kier alpha value is -3.80. The molecule has 0 fully saturated rings. The van der Waals surface area contributed by atoms with Gasteiger partial charge in [-0.3, -0.25) is 14.4 Å². The lowest BCUT2D eigenvalue weighted by atomic mass is 10.0. The highest BCUT2D eigenvalue weighted by Gasteiger charge is 2.31. The Morgan fingerprint density at radius 3 is 1.72 bits per heavy atom. The van der Waals surface area contributed by atoms with Crippen LogP contribution in [0.4, 0.5) is 0 Å². The van der Waals surface area contributed by atoms with Crippen molar-refractivity contribution in [1.82, 2.24) is 16.0 Å². The summed E-state index contributed by atoms with van der Waals surface area (Å²) >= 11 is 0. The second-order valence-electron chi connectivity index (χ2n) is 8.36. The van der Waals surface area contributed by atoms with Crippen molar-refractivity contribution in [2.75, 3.05) is 6.61 Å². The predicted octanol–water partition coefficient (Wildman–Crippen LogP) is -1.29. The average Bonchev–Trinajstić information content (AvgIpc) is 2.85. The number of aliphatic hydroxyl groups is 2. The molecule has 11 nitrogen and oxygen atoms in total. The zero-order valence-corrected chi connectivity index (χ0v) is 19.8. The zero-order valence-electron chi connectivity index (χ0n) is 19.8. The number of carbonyl (C=O) groups is 4. The molecule has 0 saturated heterocycles. The Kier molecular flexibility index (Phi) is 11.0. The second-order valence-corrected chi connectivity index (χ2v) is 8.36. The van der Waals surface area contributed by atoms with Crippen molar-refractivity contribution in [2.45, 2.75) is 50.0 Å². The highest BCUT2D eigenvalue weighted by Crippen LogP contribution is 2.06. The first kappa shape index (κ1) is 28.4. The minimum absolute atomic E-state index is 0.00974. The maximum absolute atomic E-state index is 12.9. The van der Waals surface area contributed by atoms with E-state index in [0.29, 0.717) is 5.56 Å². The molecule has 8 N–H and O–H groups in total. The van der Waals surface area contributed by atoms with Crippen LogP contribution in [0.3, 0.4) is 0 Å². The normalized spacial score (nSPS) is 15.0. The molecule has 5 atom stereocenters. The molecule has 2 rings (SSSR count). The van der Waals surface area contributed by atoms with Crippen molar-refractivity contribution < 1.29 is 34.5 Å². The van der Waals surface area contributed by atoms with Gasteiger partial charge < -0.3 is 37.0 Å². The van der Waals surface area contributed by atoms with Crippen LogP contribution in [0.25, 0.3) is 0 Å². The van der Waals surface area contributed by atoms with Crippen LogP contribution in [0.1, 0.15) is 18.1 Å². The first-order chi connectivity index (χ1) is 17.1. The summed E-state index contributed by atoms with van der Waals surface area (Å²) < 4.78 is 0. The van der Waals surface area contributed by atoms with Crippen molar-refractivity contribution in [3.63, 3.8) is 0 Å². The van der Waals surface area contributed by atoms with Crippen LogP contribution < -0.4 is 21.7 Å². The fraction of sp³-hybridized carbons (Fsp3) is 0.360. The van der Waals surface area contributed by atoms with Gasteiger partial charge in [-0.2, -0.15) is 0 Å². The van der Waals surface area contributed by atoms with Gasteiger partial charge in [0.25, 0.3) is 0 Å². The van der Waals surface area contributed by atoms with E-state index >= 15 is 0 Å². The molecule has 36 heavy (non-hydrogen) atoms. The van der Waals surface area contributed by atoms with E-state index in [0.717, 1.165) is 5.56 Å². The number of amides is 3. The summed E-state index contributed by atoms with van der Waals surface area (Å²) in [6, 6.07) is 12.4. The molecule has 0 aliphatic carbocycles. The molecule has 0 aliphatic heterocycles. The lowest BCUT2D eigenvalue weighted by Gasteiger charge is -2.25. The molecule has 0 heterocycles. The Morgan fingerprint density at radius 2 is 1.25 bits per heavy atom. The van der Waals surface area contributed by atoms with E-state index in [9.17, 15) is 34.5 Å². The summed E-state index contributed by atoms with van der Waals surface area (Å²) in [5.41, 5.74) is 7.43. The van der Waals surface area contributed by atoms with Crippen molar-refractivity contribution in [3.8, 4) is 0 Å². The molecule has 194 valence electrons. The third-order valence-electron chi connectivity index (χ3n) is 5.41. The summed E-state index contributed by atoms with van der Waals surface area (Å²) in [6.07, 6.45) is -1.19. The van der Waals surface area contributed by atoms with Gasteiger partial charge in [-0.1, -0.05) is 60.7 Å². The van der Waals surface area contributed by atoms with Gasteiger partial charge in [-0.15, -0.1) is 0 Å². The lowest BCUT2D eigenvalue weighted by Crippen LogP contribution is -2.59. The Bertz CT molecular complexity index is 1020. The quantitative estimate of drug-likeness (QED) is 0.177. The second kappa shape index (κ2) is 13.9. The standard InChI is InChI=1S/C25H32N4O7/c1-15(31)21(25(35)36)29-23(33)19(13-17-10-6-3-7-11-17)27-24(34)20(14-30)28-22(32)18(26)12-16-8-4-2-5-9-16/h2-11,15,18-21,30-31H,12-14,26H2,1H3,(H,27,34)(H,28,32)(H,29,33)(H,35,36). The topological polar surface area (TPSA) is 191 Å². The third-order valence-corrected chi connectivity index (χ3v) is 5.41. The summed E-state index contributed by atoms with van der Waals surface area (Å²) in [4.78, 5) is 49.7. The maximum Gasteiger partial charge on any atom is 0.328 e. The first-order valence-electron chi connectivity index (χ1n) is 11.4. The van der Waals surface area contributed by atoms with Gasteiger partial charge in [0.15, 0.2) is 6.04 Å². The number of carbonyl (C=O) groups excluding carboxylic acids is 3. The Labute approximate surface area is 208 Å². The summed E-state index contributed by atoms with van der Waals surface area (Å²) in [6.45, 7) is 0.445. The van der Waals surface area contributed by atoms with E-state index in [1.54, 1.807) is 54.6 Å². The van der Waals surface area contributed by atoms with Gasteiger partial charge in [-0.25, -0.2) is 4.79 Å². The highest BCUT2D eigenvalue weighted by atomic mass is 16.4. The predicted molar refractivity (Wildman–Crippen MR) is 130 cm³/mol. The van der Waals surface area contributed by atoms with Crippen LogP contribution in [0.5, 0.6) is 0 Å². The molecule has 0 bridgehead atoms. The summed E-state index contributed by atoms with van der Waals surface area (Å²) in [5, 5.41) is 35.7. The number of aliphatic hydroxyl groups excluding tert-OH is 2. The van der Waals surface area contributed by atoms with Gasteiger partial charge in [0.2, 0.25) is 17.7 Å². The van der Waals surface area contributed by atoms with E-state index in [2.05, 4.69) is 16.0 Å². The molecule has 0 aliphatic rings. The van der Waals surface area contributed by atoms with E-state index in [1.165, 1.54) is 6.92 Å². The molecule has 2 aromatic carbocycles. The average molecular weight is 501 g/mol. The van der Waals surface area contributed by atoms with Crippen LogP contribution in [0, 0.1) is 0 Å². The van der Waals surface area contributed by atoms with Crippen molar-refractivity contribution >= 4 is 23.7 Å². The van der Waals surface area contributed by atoms with Gasteiger partial charge >= 0.3 is 5.97 Å². The lowest BCUT2D eigenvalue weighted by molar-refractivity contribution is -0.145. The molecule has 0 radical (unpaired) electrons. The molecular weight excluding hydrogens is 468 g/mol. The van der Waals surface area contributed by atoms with Crippen molar-refractivity contribution in [1.29, 1.82) is 0 Å². The van der Waals surface area contributed by atoms with Gasteiger partial charge in [0, 0.05) is 6.42 Å². The van der Waals surface area contributed by atoms with Gasteiger partial charge in [-0.05, 0) is 24.5 Å². The van der Waals surface area contributed by atoms with Crippen LogP contribution in [-0.2, 0) is 32.0 Å². The molecule has 0 saturated carbocycles. The van der Waals surface area contributed by atoms with E-state index in [4.69, 9.17) is 5.73 Å². The number of benzene rings is 2. The Morgan fingerprint density at radius 1 is 0.778 bits per heavy atom. The molecule has 3 amide bonds.